The highest BCUT2D eigenvalue weighted by molar-refractivity contribution is 7.14. The number of halogens is 1. The van der Waals surface area contributed by atoms with Gasteiger partial charge in [-0.05, 0) is 29.8 Å². The molecule has 1 aromatic carbocycles. The molecule has 2 atom stereocenters. The fourth-order valence-corrected chi connectivity index (χ4v) is 4.10. The summed E-state index contributed by atoms with van der Waals surface area (Å²) in [5, 5.41) is 15.1. The van der Waals surface area contributed by atoms with Gasteiger partial charge < -0.3 is 24.9 Å². The number of thiazole rings is 1. The predicted molar refractivity (Wildman–Crippen MR) is 115 cm³/mol. The largest absolute Gasteiger partial charge is 0.494 e. The van der Waals surface area contributed by atoms with Gasteiger partial charge in [0.25, 0.3) is 5.91 Å². The predicted octanol–water partition coefficient (Wildman–Crippen LogP) is 2.42. The SMILES string of the molecule is COc1ccc(C2NC(=O)N(C(Cc3ccco3)C(=O)Nc3nc(C(=O)O)cs3)C2=O)cc1F. The molecule has 0 bridgehead atoms. The van der Waals surface area contributed by atoms with E-state index in [1.54, 1.807) is 12.1 Å². The molecule has 2 unspecified atom stereocenters. The second kappa shape index (κ2) is 9.31. The summed E-state index contributed by atoms with van der Waals surface area (Å²) >= 11 is 0.873. The number of nitrogens with one attached hydrogen (secondary N) is 2. The first-order valence-electron chi connectivity index (χ1n) is 9.77. The molecular weight excluding hydrogens is 471 g/mol. The smallest absolute Gasteiger partial charge is 0.355 e. The fourth-order valence-electron chi connectivity index (χ4n) is 3.42. The van der Waals surface area contributed by atoms with E-state index in [0.717, 1.165) is 22.3 Å². The maximum Gasteiger partial charge on any atom is 0.355 e. The molecule has 0 aliphatic carbocycles. The number of rotatable bonds is 8. The van der Waals surface area contributed by atoms with Crippen molar-refractivity contribution >= 4 is 40.3 Å². The van der Waals surface area contributed by atoms with E-state index in [-0.39, 0.29) is 28.6 Å². The molecule has 13 heteroatoms. The number of carbonyl (C=O) groups is 4. The zero-order valence-electron chi connectivity index (χ0n) is 17.5. The number of nitrogens with zero attached hydrogens (tertiary/aromatic N) is 2. The van der Waals surface area contributed by atoms with Crippen LogP contribution >= 0.6 is 11.3 Å². The zero-order valence-corrected chi connectivity index (χ0v) is 18.3. The van der Waals surface area contributed by atoms with E-state index in [9.17, 15) is 23.6 Å². The molecule has 0 saturated carbocycles. The molecule has 176 valence electrons. The normalized spacial score (nSPS) is 16.3. The molecule has 1 saturated heterocycles. The lowest BCUT2D eigenvalue weighted by atomic mass is 10.0. The van der Waals surface area contributed by atoms with Gasteiger partial charge in [0, 0.05) is 11.8 Å². The van der Waals surface area contributed by atoms with E-state index < -0.39 is 41.7 Å². The number of urea groups is 1. The minimum atomic E-state index is -1.36. The number of imide groups is 1. The Morgan fingerprint density at radius 1 is 1.38 bits per heavy atom. The summed E-state index contributed by atoms with van der Waals surface area (Å²) in [6, 6.07) is 3.53. The Hall–Kier alpha value is -4.26. The van der Waals surface area contributed by atoms with Crippen LogP contribution in [0.1, 0.15) is 27.9 Å². The third-order valence-electron chi connectivity index (χ3n) is 5.02. The number of furan rings is 1. The van der Waals surface area contributed by atoms with Crippen LogP contribution in [0.25, 0.3) is 0 Å². The van der Waals surface area contributed by atoms with E-state index >= 15 is 0 Å². The number of ether oxygens (including phenoxy) is 1. The Kier molecular flexibility index (Phi) is 6.27. The lowest BCUT2D eigenvalue weighted by Gasteiger charge is -2.23. The standard InChI is InChI=1S/C21H17FN4O7S/c1-32-15-5-4-10(7-12(15)22)16-18(28)26(21(31)24-16)14(8-11-3-2-6-33-11)17(27)25-20-23-13(9-34-20)19(29)30/h2-7,9,14,16H,8H2,1H3,(H,24,31)(H,29,30)(H,23,25,27). The third kappa shape index (κ3) is 4.45. The van der Waals surface area contributed by atoms with Gasteiger partial charge in [0.05, 0.1) is 13.4 Å². The van der Waals surface area contributed by atoms with Crippen LogP contribution in [0.3, 0.4) is 0 Å². The highest BCUT2D eigenvalue weighted by Gasteiger charge is 2.46. The quantitative estimate of drug-likeness (QED) is 0.409. The number of anilines is 1. The summed E-state index contributed by atoms with van der Waals surface area (Å²) in [6.45, 7) is 0. The van der Waals surface area contributed by atoms with Crippen LogP contribution in [-0.2, 0) is 16.0 Å². The van der Waals surface area contributed by atoms with Crippen LogP contribution < -0.4 is 15.4 Å². The maximum atomic E-state index is 14.2. The Balaban J connectivity index is 1.61. The third-order valence-corrected chi connectivity index (χ3v) is 5.78. The minimum absolute atomic E-state index is 0.0207. The number of hydrogen-bond acceptors (Lipinski definition) is 8. The number of hydrogen-bond donors (Lipinski definition) is 3. The second-order valence-electron chi connectivity index (χ2n) is 7.12. The molecule has 34 heavy (non-hydrogen) atoms. The first kappa shape index (κ1) is 22.9. The van der Waals surface area contributed by atoms with Gasteiger partial charge in [0.1, 0.15) is 17.8 Å². The van der Waals surface area contributed by atoms with E-state index in [1.807, 2.05) is 0 Å². The summed E-state index contributed by atoms with van der Waals surface area (Å²) in [5.74, 6) is -3.25. The van der Waals surface area contributed by atoms with Crippen LogP contribution in [-0.4, -0.2) is 52.0 Å². The van der Waals surface area contributed by atoms with Crippen molar-refractivity contribution < 1.29 is 37.8 Å². The summed E-state index contributed by atoms with van der Waals surface area (Å²) in [6.07, 6.45) is 1.22. The molecule has 0 spiro atoms. The van der Waals surface area contributed by atoms with Crippen molar-refractivity contribution in [2.75, 3.05) is 12.4 Å². The summed E-state index contributed by atoms with van der Waals surface area (Å²) in [5.41, 5.74) is -0.0956. The number of aromatic carboxylic acids is 1. The topological polar surface area (TPSA) is 151 Å². The first-order valence-corrected chi connectivity index (χ1v) is 10.7. The van der Waals surface area contributed by atoms with Gasteiger partial charge in [0.2, 0.25) is 5.91 Å². The van der Waals surface area contributed by atoms with Crippen molar-refractivity contribution in [3.63, 3.8) is 0 Å². The average Bonchev–Trinajstić information content (AvgIpc) is 3.54. The van der Waals surface area contributed by atoms with Gasteiger partial charge in [-0.3, -0.25) is 9.59 Å². The van der Waals surface area contributed by atoms with Crippen molar-refractivity contribution in [1.82, 2.24) is 15.2 Å². The number of carboxylic acid groups (broad SMARTS) is 1. The number of carboxylic acids is 1. The summed E-state index contributed by atoms with van der Waals surface area (Å²) in [7, 11) is 1.29. The minimum Gasteiger partial charge on any atom is -0.494 e. The summed E-state index contributed by atoms with van der Waals surface area (Å²) in [4.78, 5) is 54.6. The Morgan fingerprint density at radius 3 is 2.79 bits per heavy atom. The molecule has 3 N–H and O–H groups in total. The monoisotopic (exact) mass is 488 g/mol. The van der Waals surface area contributed by atoms with Gasteiger partial charge in [0.15, 0.2) is 22.4 Å². The molecule has 1 aliphatic rings. The molecule has 4 rings (SSSR count). The molecule has 4 amide bonds. The van der Waals surface area contributed by atoms with Crippen LogP contribution in [0.2, 0.25) is 0 Å². The van der Waals surface area contributed by atoms with Crippen LogP contribution in [0, 0.1) is 5.82 Å². The average molecular weight is 488 g/mol. The molecule has 0 radical (unpaired) electrons. The molecule has 1 aliphatic heterocycles. The maximum absolute atomic E-state index is 14.2. The molecule has 11 nitrogen and oxygen atoms in total. The number of carbonyl (C=O) groups excluding carboxylic acids is 3. The van der Waals surface area contributed by atoms with Gasteiger partial charge in [-0.15, -0.1) is 11.3 Å². The van der Waals surface area contributed by atoms with Gasteiger partial charge >= 0.3 is 12.0 Å². The molecular formula is C21H17FN4O7S. The lowest BCUT2D eigenvalue weighted by molar-refractivity contribution is -0.134. The van der Waals surface area contributed by atoms with E-state index in [0.29, 0.717) is 5.76 Å². The van der Waals surface area contributed by atoms with Crippen LogP contribution in [0.5, 0.6) is 5.75 Å². The van der Waals surface area contributed by atoms with Crippen LogP contribution in [0.4, 0.5) is 14.3 Å². The molecule has 2 aromatic heterocycles. The number of benzene rings is 1. The van der Waals surface area contributed by atoms with Crippen molar-refractivity contribution in [3.05, 3.63) is 64.8 Å². The molecule has 3 aromatic rings. The molecule has 1 fully saturated rings. The van der Waals surface area contributed by atoms with Crippen molar-refractivity contribution in [2.24, 2.45) is 0 Å². The van der Waals surface area contributed by atoms with E-state index in [2.05, 4.69) is 15.6 Å². The van der Waals surface area contributed by atoms with Crippen molar-refractivity contribution in [1.29, 1.82) is 0 Å². The van der Waals surface area contributed by atoms with Crippen LogP contribution in [0.15, 0.2) is 46.4 Å². The van der Waals surface area contributed by atoms with Gasteiger partial charge in [-0.1, -0.05) is 6.07 Å². The number of amides is 4. The highest BCUT2D eigenvalue weighted by Crippen LogP contribution is 2.29. The first-order chi connectivity index (χ1) is 16.3. The fraction of sp³-hybridized carbons (Fsp3) is 0.190. The summed E-state index contributed by atoms with van der Waals surface area (Å²) < 4.78 is 24.3. The Morgan fingerprint density at radius 2 is 2.18 bits per heavy atom. The lowest BCUT2D eigenvalue weighted by Crippen LogP contribution is -2.49. The van der Waals surface area contributed by atoms with E-state index in [1.165, 1.54) is 30.9 Å². The van der Waals surface area contributed by atoms with Crippen molar-refractivity contribution in [3.8, 4) is 5.75 Å². The highest BCUT2D eigenvalue weighted by atomic mass is 32.1. The van der Waals surface area contributed by atoms with Gasteiger partial charge in [-0.2, -0.15) is 0 Å². The number of methoxy groups -OCH3 is 1. The van der Waals surface area contributed by atoms with E-state index in [4.69, 9.17) is 14.3 Å². The zero-order chi connectivity index (χ0) is 24.4. The number of aromatic nitrogens is 1. The van der Waals surface area contributed by atoms with Crippen molar-refractivity contribution in [2.45, 2.75) is 18.5 Å². The Labute approximate surface area is 195 Å². The van der Waals surface area contributed by atoms with Gasteiger partial charge in [-0.25, -0.2) is 23.9 Å². The molecule has 3 heterocycles. The Bertz CT molecular complexity index is 1260. The second-order valence-corrected chi connectivity index (χ2v) is 7.97.